The van der Waals surface area contributed by atoms with Gasteiger partial charge in [-0.3, -0.25) is 4.79 Å². The van der Waals surface area contributed by atoms with Gasteiger partial charge in [-0.25, -0.2) is 4.39 Å². The lowest BCUT2D eigenvalue weighted by atomic mass is 9.82. The number of ether oxygens (including phenoxy) is 1. The molecule has 1 aliphatic rings. The molecule has 26 heavy (non-hydrogen) atoms. The number of nitrogens with one attached hydrogen (secondary N) is 1. The zero-order valence-corrected chi connectivity index (χ0v) is 14.7. The molecule has 0 heterocycles. The van der Waals surface area contributed by atoms with E-state index in [1.807, 2.05) is 0 Å². The second kappa shape index (κ2) is 8.70. The van der Waals surface area contributed by atoms with Crippen molar-refractivity contribution in [3.05, 3.63) is 59.9 Å². The summed E-state index contributed by atoms with van der Waals surface area (Å²) in [5.41, 5.74) is 0.559. The Bertz CT molecular complexity index is 707. The molecule has 2 N–H and O–H groups in total. The molecular formula is C21H24FNO3. The first-order valence-corrected chi connectivity index (χ1v) is 9.06. The van der Waals surface area contributed by atoms with E-state index in [0.29, 0.717) is 36.3 Å². The number of phenols is 1. The third kappa shape index (κ3) is 5.22. The second-order valence-electron chi connectivity index (χ2n) is 6.91. The monoisotopic (exact) mass is 357 g/mol. The molecule has 2 aromatic rings. The topological polar surface area (TPSA) is 58.6 Å². The average Bonchev–Trinajstić information content (AvgIpc) is 2.67. The molecule has 0 saturated heterocycles. The summed E-state index contributed by atoms with van der Waals surface area (Å²) in [6.45, 7) is 1.32. The Morgan fingerprint density at radius 3 is 2.27 bits per heavy atom. The number of hydrogen-bond donors (Lipinski definition) is 2. The van der Waals surface area contributed by atoms with Crippen LogP contribution < -0.4 is 10.1 Å². The molecule has 5 heteroatoms. The van der Waals surface area contributed by atoms with Crippen LogP contribution in [0.3, 0.4) is 0 Å². The van der Waals surface area contributed by atoms with E-state index in [1.54, 1.807) is 24.3 Å². The van der Waals surface area contributed by atoms with Gasteiger partial charge in [0.25, 0.3) is 5.91 Å². The fourth-order valence-corrected chi connectivity index (χ4v) is 3.30. The standard InChI is InChI=1S/C21H24FNO3/c22-18-7-11-20(12-8-18)26-14-16-3-1-15(2-4-16)13-23-21(25)17-5-9-19(24)10-6-17/h5-12,15-16,24H,1-4,13-14H2,(H,23,25)/t15-,16+. The molecule has 4 nitrogen and oxygen atoms in total. The summed E-state index contributed by atoms with van der Waals surface area (Å²) in [4.78, 5) is 12.1. The number of hydrogen-bond acceptors (Lipinski definition) is 3. The number of benzene rings is 2. The lowest BCUT2D eigenvalue weighted by Crippen LogP contribution is -2.32. The van der Waals surface area contributed by atoms with Gasteiger partial charge in [-0.05, 0) is 86.1 Å². The lowest BCUT2D eigenvalue weighted by molar-refractivity contribution is 0.0938. The third-order valence-electron chi connectivity index (χ3n) is 4.95. The van der Waals surface area contributed by atoms with Crippen LogP contribution in [-0.2, 0) is 0 Å². The molecule has 1 saturated carbocycles. The van der Waals surface area contributed by atoms with Crippen molar-refractivity contribution in [1.82, 2.24) is 5.32 Å². The molecule has 1 fully saturated rings. The van der Waals surface area contributed by atoms with Gasteiger partial charge in [0, 0.05) is 12.1 Å². The van der Waals surface area contributed by atoms with Crippen LogP contribution >= 0.6 is 0 Å². The fraction of sp³-hybridized carbons (Fsp3) is 0.381. The van der Waals surface area contributed by atoms with Crippen LogP contribution in [0, 0.1) is 17.7 Å². The quantitative estimate of drug-likeness (QED) is 0.817. The lowest BCUT2D eigenvalue weighted by Gasteiger charge is -2.28. The van der Waals surface area contributed by atoms with Gasteiger partial charge in [-0.15, -0.1) is 0 Å². The first kappa shape index (κ1) is 18.2. The molecule has 1 aliphatic carbocycles. The Kier molecular flexibility index (Phi) is 6.10. The van der Waals surface area contributed by atoms with Gasteiger partial charge in [-0.2, -0.15) is 0 Å². The van der Waals surface area contributed by atoms with Crippen LogP contribution in [0.2, 0.25) is 0 Å². The molecule has 0 atom stereocenters. The van der Waals surface area contributed by atoms with Gasteiger partial charge in [0.05, 0.1) is 6.61 Å². The summed E-state index contributed by atoms with van der Waals surface area (Å²) < 4.78 is 18.6. The third-order valence-corrected chi connectivity index (χ3v) is 4.95. The number of carbonyl (C=O) groups is 1. The molecule has 3 rings (SSSR count). The highest BCUT2D eigenvalue weighted by molar-refractivity contribution is 5.94. The average molecular weight is 357 g/mol. The molecule has 0 unspecified atom stereocenters. The van der Waals surface area contributed by atoms with E-state index in [0.717, 1.165) is 25.7 Å². The highest BCUT2D eigenvalue weighted by atomic mass is 19.1. The Balaban J connectivity index is 1.36. The van der Waals surface area contributed by atoms with Crippen molar-refractivity contribution in [1.29, 1.82) is 0 Å². The zero-order valence-electron chi connectivity index (χ0n) is 14.7. The minimum atomic E-state index is -0.257. The summed E-state index contributed by atoms with van der Waals surface area (Å²) in [5.74, 6) is 1.48. The van der Waals surface area contributed by atoms with E-state index < -0.39 is 0 Å². The minimum Gasteiger partial charge on any atom is -0.508 e. The van der Waals surface area contributed by atoms with Gasteiger partial charge in [0.15, 0.2) is 0 Å². The molecule has 0 bridgehead atoms. The highest BCUT2D eigenvalue weighted by Gasteiger charge is 2.22. The molecule has 138 valence electrons. The predicted molar refractivity (Wildman–Crippen MR) is 97.8 cm³/mol. The minimum absolute atomic E-state index is 0.105. The van der Waals surface area contributed by atoms with Crippen LogP contribution in [0.25, 0.3) is 0 Å². The maximum atomic E-state index is 12.9. The van der Waals surface area contributed by atoms with Crippen LogP contribution in [0.1, 0.15) is 36.0 Å². The van der Waals surface area contributed by atoms with Crippen molar-refractivity contribution in [3.8, 4) is 11.5 Å². The van der Waals surface area contributed by atoms with Gasteiger partial charge in [0.1, 0.15) is 17.3 Å². The van der Waals surface area contributed by atoms with Gasteiger partial charge < -0.3 is 15.2 Å². The Labute approximate surface area is 153 Å². The second-order valence-corrected chi connectivity index (χ2v) is 6.91. The number of rotatable bonds is 6. The van der Waals surface area contributed by atoms with Crippen molar-refractivity contribution in [2.75, 3.05) is 13.2 Å². The van der Waals surface area contributed by atoms with Gasteiger partial charge >= 0.3 is 0 Å². The van der Waals surface area contributed by atoms with Crippen molar-refractivity contribution >= 4 is 5.91 Å². The summed E-state index contributed by atoms with van der Waals surface area (Å²) in [5, 5.41) is 12.2. The van der Waals surface area contributed by atoms with Crippen LogP contribution in [0.5, 0.6) is 11.5 Å². The Morgan fingerprint density at radius 1 is 1.00 bits per heavy atom. The highest BCUT2D eigenvalue weighted by Crippen LogP contribution is 2.29. The zero-order chi connectivity index (χ0) is 18.4. The van der Waals surface area contributed by atoms with Crippen molar-refractivity contribution < 1.29 is 19.0 Å². The number of halogens is 1. The van der Waals surface area contributed by atoms with E-state index in [1.165, 1.54) is 24.3 Å². The molecular weight excluding hydrogens is 333 g/mol. The largest absolute Gasteiger partial charge is 0.508 e. The SMILES string of the molecule is O=C(NC[C@H]1CC[C@@H](COc2ccc(F)cc2)CC1)c1ccc(O)cc1. The normalized spacial score (nSPS) is 19.7. The molecule has 0 radical (unpaired) electrons. The first-order chi connectivity index (χ1) is 12.6. The van der Waals surface area contributed by atoms with E-state index in [2.05, 4.69) is 5.32 Å². The van der Waals surface area contributed by atoms with Crippen molar-refractivity contribution in [2.45, 2.75) is 25.7 Å². The molecule has 0 spiro atoms. The number of aromatic hydroxyl groups is 1. The summed E-state index contributed by atoms with van der Waals surface area (Å²) in [7, 11) is 0. The van der Waals surface area contributed by atoms with Crippen LogP contribution in [-0.4, -0.2) is 24.2 Å². The molecule has 0 aliphatic heterocycles. The maximum absolute atomic E-state index is 12.9. The Hall–Kier alpha value is -2.56. The van der Waals surface area contributed by atoms with E-state index >= 15 is 0 Å². The number of carbonyl (C=O) groups excluding carboxylic acids is 1. The van der Waals surface area contributed by atoms with Crippen LogP contribution in [0.4, 0.5) is 4.39 Å². The molecule has 1 amide bonds. The van der Waals surface area contributed by atoms with E-state index in [9.17, 15) is 14.3 Å². The van der Waals surface area contributed by atoms with Crippen molar-refractivity contribution in [2.24, 2.45) is 11.8 Å². The maximum Gasteiger partial charge on any atom is 0.251 e. The summed E-state index contributed by atoms with van der Waals surface area (Å²) >= 11 is 0. The molecule has 0 aromatic heterocycles. The first-order valence-electron chi connectivity index (χ1n) is 9.06. The smallest absolute Gasteiger partial charge is 0.251 e. The Morgan fingerprint density at radius 2 is 1.62 bits per heavy atom. The van der Waals surface area contributed by atoms with E-state index in [-0.39, 0.29) is 17.5 Å². The van der Waals surface area contributed by atoms with Gasteiger partial charge in [0.2, 0.25) is 0 Å². The number of amides is 1. The van der Waals surface area contributed by atoms with Crippen molar-refractivity contribution in [3.63, 3.8) is 0 Å². The van der Waals surface area contributed by atoms with Gasteiger partial charge in [-0.1, -0.05) is 0 Å². The fourth-order valence-electron chi connectivity index (χ4n) is 3.30. The molecule has 2 aromatic carbocycles. The summed E-state index contributed by atoms with van der Waals surface area (Å²) in [6.07, 6.45) is 4.27. The summed E-state index contributed by atoms with van der Waals surface area (Å²) in [6, 6.07) is 12.4. The number of phenolic OH excluding ortho intramolecular Hbond substituents is 1. The van der Waals surface area contributed by atoms with E-state index in [4.69, 9.17) is 4.74 Å². The van der Waals surface area contributed by atoms with Crippen LogP contribution in [0.15, 0.2) is 48.5 Å². The predicted octanol–water partition coefficient (Wildman–Crippen LogP) is 4.15.